The number of benzene rings is 1. The summed E-state index contributed by atoms with van der Waals surface area (Å²) in [5.41, 5.74) is 10.0. The summed E-state index contributed by atoms with van der Waals surface area (Å²) in [5.74, 6) is 1.76. The Bertz CT molecular complexity index is 551. The summed E-state index contributed by atoms with van der Waals surface area (Å²) in [7, 11) is 0. The molecule has 0 aliphatic carbocycles. The van der Waals surface area contributed by atoms with Crippen LogP contribution in [0.4, 0.5) is 0 Å². The van der Waals surface area contributed by atoms with Gasteiger partial charge in [-0.15, -0.1) is 0 Å². The first-order valence-electron chi connectivity index (χ1n) is 6.38. The lowest BCUT2D eigenvalue weighted by Gasteiger charge is -2.14. The molecule has 3 nitrogen and oxygen atoms in total. The van der Waals surface area contributed by atoms with Gasteiger partial charge in [0.2, 0.25) is 0 Å². The minimum Gasteiger partial charge on any atom is -0.323 e. The van der Waals surface area contributed by atoms with Gasteiger partial charge in [0, 0.05) is 18.2 Å². The number of aryl methyl sites for hydroxylation is 3. The van der Waals surface area contributed by atoms with Gasteiger partial charge in [0.25, 0.3) is 0 Å². The monoisotopic (exact) mass is 293 g/mol. The Balaban J connectivity index is 1.98. The van der Waals surface area contributed by atoms with Gasteiger partial charge in [-0.05, 0) is 36.5 Å². The van der Waals surface area contributed by atoms with Crippen molar-refractivity contribution in [1.29, 1.82) is 0 Å². The number of rotatable bonds is 5. The van der Waals surface area contributed by atoms with Crippen molar-refractivity contribution in [3.05, 3.63) is 40.7 Å². The minimum absolute atomic E-state index is 0.0413. The fourth-order valence-corrected chi connectivity index (χ4v) is 3.63. The zero-order valence-electron chi connectivity index (χ0n) is 11.5. The van der Waals surface area contributed by atoms with Crippen LogP contribution < -0.4 is 5.73 Å². The summed E-state index contributed by atoms with van der Waals surface area (Å²) in [5, 5.41) is 0. The van der Waals surface area contributed by atoms with Gasteiger partial charge in [-0.2, -0.15) is 4.37 Å². The number of nitrogens with zero attached hydrogens (tertiary/aromatic N) is 2. The largest absolute Gasteiger partial charge is 0.323 e. The molecule has 0 aliphatic rings. The van der Waals surface area contributed by atoms with Crippen LogP contribution in [0.2, 0.25) is 0 Å². The van der Waals surface area contributed by atoms with Crippen LogP contribution in [0, 0.1) is 13.8 Å². The molecule has 1 aromatic heterocycles. The second-order valence-corrected chi connectivity index (χ2v) is 6.63. The second-order valence-electron chi connectivity index (χ2n) is 4.61. The first kappa shape index (κ1) is 14.5. The fraction of sp³-hybridized carbons (Fsp3) is 0.429. The quantitative estimate of drug-likeness (QED) is 0.857. The first-order chi connectivity index (χ1) is 9.10. The average Bonchev–Trinajstić information content (AvgIpc) is 2.84. The van der Waals surface area contributed by atoms with E-state index in [0.717, 1.165) is 22.3 Å². The zero-order chi connectivity index (χ0) is 13.8. The van der Waals surface area contributed by atoms with E-state index in [1.54, 1.807) is 11.8 Å². The predicted octanol–water partition coefficient (Wildman–Crippen LogP) is 3.51. The molecule has 102 valence electrons. The Kier molecular flexibility index (Phi) is 4.96. The third-order valence-electron chi connectivity index (χ3n) is 2.98. The maximum Gasteiger partial charge on any atom is 0.170 e. The molecule has 1 atom stereocenters. The van der Waals surface area contributed by atoms with E-state index in [9.17, 15) is 0 Å². The molecule has 0 saturated carbocycles. The molecule has 1 heterocycles. The average molecular weight is 293 g/mol. The maximum absolute atomic E-state index is 6.27. The van der Waals surface area contributed by atoms with E-state index >= 15 is 0 Å². The van der Waals surface area contributed by atoms with Crippen molar-refractivity contribution >= 4 is 23.3 Å². The summed E-state index contributed by atoms with van der Waals surface area (Å²) >= 11 is 3.16. The fourth-order valence-electron chi connectivity index (χ4n) is 1.93. The molecule has 0 saturated heterocycles. The summed E-state index contributed by atoms with van der Waals surface area (Å²) in [6, 6.07) is 6.47. The van der Waals surface area contributed by atoms with Gasteiger partial charge in [-0.1, -0.05) is 42.4 Å². The van der Waals surface area contributed by atoms with Gasteiger partial charge in [-0.3, -0.25) is 0 Å². The van der Waals surface area contributed by atoms with Crippen molar-refractivity contribution in [2.45, 2.75) is 37.6 Å². The summed E-state index contributed by atoms with van der Waals surface area (Å²) in [6.45, 7) is 6.29. The van der Waals surface area contributed by atoms with Crippen LogP contribution >= 0.6 is 23.3 Å². The Morgan fingerprint density at radius 3 is 2.79 bits per heavy atom. The lowest BCUT2D eigenvalue weighted by molar-refractivity contribution is 0.821. The van der Waals surface area contributed by atoms with Crippen LogP contribution in [0.15, 0.2) is 22.5 Å². The second kappa shape index (κ2) is 6.50. The molecular formula is C14H19N3S2. The van der Waals surface area contributed by atoms with Crippen LogP contribution in [0.3, 0.4) is 0 Å². The molecule has 2 aromatic rings. The number of hydrogen-bond donors (Lipinski definition) is 1. The molecule has 0 fully saturated rings. The third kappa shape index (κ3) is 3.78. The predicted molar refractivity (Wildman–Crippen MR) is 82.9 cm³/mol. The van der Waals surface area contributed by atoms with Crippen LogP contribution in [0.25, 0.3) is 0 Å². The van der Waals surface area contributed by atoms with E-state index in [1.165, 1.54) is 28.2 Å². The minimum atomic E-state index is 0.0413. The number of aromatic nitrogens is 2. The molecule has 19 heavy (non-hydrogen) atoms. The topological polar surface area (TPSA) is 51.8 Å². The standard InChI is InChI=1S/C14H19N3S2/c1-4-13-16-14(19-17-13)18-8-12(15)11-6-5-9(2)7-10(11)3/h5-7,12H,4,8,15H2,1-3H3. The van der Waals surface area contributed by atoms with E-state index in [1.807, 2.05) is 0 Å². The highest BCUT2D eigenvalue weighted by molar-refractivity contribution is 8.00. The Labute approximate surface area is 122 Å². The molecule has 1 unspecified atom stereocenters. The summed E-state index contributed by atoms with van der Waals surface area (Å²) in [4.78, 5) is 4.45. The molecule has 0 radical (unpaired) electrons. The highest BCUT2D eigenvalue weighted by atomic mass is 32.2. The van der Waals surface area contributed by atoms with Crippen molar-refractivity contribution in [3.63, 3.8) is 0 Å². The maximum atomic E-state index is 6.27. The van der Waals surface area contributed by atoms with Gasteiger partial charge in [0.15, 0.2) is 4.34 Å². The normalized spacial score (nSPS) is 12.6. The van der Waals surface area contributed by atoms with Crippen LogP contribution in [0.1, 0.15) is 35.5 Å². The lowest BCUT2D eigenvalue weighted by Crippen LogP contribution is -2.14. The van der Waals surface area contributed by atoms with Crippen LogP contribution in [-0.2, 0) is 6.42 Å². The van der Waals surface area contributed by atoms with E-state index in [2.05, 4.69) is 48.3 Å². The van der Waals surface area contributed by atoms with E-state index in [-0.39, 0.29) is 6.04 Å². The van der Waals surface area contributed by atoms with Gasteiger partial charge >= 0.3 is 0 Å². The number of thioether (sulfide) groups is 1. The molecular weight excluding hydrogens is 274 g/mol. The van der Waals surface area contributed by atoms with E-state index in [0.29, 0.717) is 0 Å². The van der Waals surface area contributed by atoms with Crippen LogP contribution in [0.5, 0.6) is 0 Å². The Morgan fingerprint density at radius 2 is 2.16 bits per heavy atom. The molecule has 2 N–H and O–H groups in total. The van der Waals surface area contributed by atoms with Gasteiger partial charge in [0.1, 0.15) is 5.82 Å². The highest BCUT2D eigenvalue weighted by Gasteiger charge is 2.11. The highest BCUT2D eigenvalue weighted by Crippen LogP contribution is 2.26. The summed E-state index contributed by atoms with van der Waals surface area (Å²) in [6.07, 6.45) is 0.889. The number of nitrogens with two attached hydrogens (primary N) is 1. The van der Waals surface area contributed by atoms with Crippen molar-refractivity contribution < 1.29 is 0 Å². The van der Waals surface area contributed by atoms with Crippen molar-refractivity contribution in [2.75, 3.05) is 5.75 Å². The van der Waals surface area contributed by atoms with E-state index < -0.39 is 0 Å². The summed E-state index contributed by atoms with van der Waals surface area (Å²) < 4.78 is 5.29. The SMILES string of the molecule is CCc1nsc(SCC(N)c2ccc(C)cc2C)n1. The first-order valence-corrected chi connectivity index (χ1v) is 8.14. The van der Waals surface area contributed by atoms with Crippen molar-refractivity contribution in [1.82, 2.24) is 9.36 Å². The molecule has 0 spiro atoms. The molecule has 0 aliphatic heterocycles. The Hall–Kier alpha value is -0.910. The molecule has 2 rings (SSSR count). The molecule has 0 bridgehead atoms. The molecule has 0 amide bonds. The molecule has 1 aromatic carbocycles. The lowest BCUT2D eigenvalue weighted by atomic mass is 10.0. The van der Waals surface area contributed by atoms with Crippen molar-refractivity contribution in [2.24, 2.45) is 5.73 Å². The van der Waals surface area contributed by atoms with Gasteiger partial charge in [0.05, 0.1) is 0 Å². The van der Waals surface area contributed by atoms with Crippen LogP contribution in [-0.4, -0.2) is 15.1 Å². The van der Waals surface area contributed by atoms with Gasteiger partial charge < -0.3 is 5.73 Å². The van der Waals surface area contributed by atoms with E-state index in [4.69, 9.17) is 5.73 Å². The smallest absolute Gasteiger partial charge is 0.170 e. The molecule has 5 heteroatoms. The number of hydrogen-bond acceptors (Lipinski definition) is 5. The third-order valence-corrected chi connectivity index (χ3v) is 4.97. The van der Waals surface area contributed by atoms with Gasteiger partial charge in [-0.25, -0.2) is 4.98 Å². The van der Waals surface area contributed by atoms with Crippen molar-refractivity contribution in [3.8, 4) is 0 Å². The zero-order valence-corrected chi connectivity index (χ0v) is 13.1. The Morgan fingerprint density at radius 1 is 1.37 bits per heavy atom.